The van der Waals surface area contributed by atoms with E-state index in [1.165, 1.54) is 0 Å². The summed E-state index contributed by atoms with van der Waals surface area (Å²) in [6.45, 7) is 2.22. The summed E-state index contributed by atoms with van der Waals surface area (Å²) < 4.78 is 16.6. The Balaban J connectivity index is 2.04. The molecule has 0 saturated heterocycles. The number of methoxy groups -OCH3 is 1. The summed E-state index contributed by atoms with van der Waals surface area (Å²) in [6.07, 6.45) is 0. The normalized spacial score (nSPS) is 10.3. The van der Waals surface area contributed by atoms with Crippen molar-refractivity contribution in [2.75, 3.05) is 7.11 Å². The van der Waals surface area contributed by atoms with Crippen molar-refractivity contribution >= 4 is 15.9 Å². The predicted molar refractivity (Wildman–Crippen MR) is 66.3 cm³/mol. The van der Waals surface area contributed by atoms with E-state index >= 15 is 0 Å². The van der Waals surface area contributed by atoms with Crippen LogP contribution in [-0.2, 0) is 6.61 Å². The number of benzene rings is 1. The van der Waals surface area contributed by atoms with Gasteiger partial charge < -0.3 is 14.0 Å². The van der Waals surface area contributed by atoms with E-state index in [9.17, 15) is 0 Å². The van der Waals surface area contributed by atoms with E-state index in [0.717, 1.165) is 21.7 Å². The Morgan fingerprint density at radius 1 is 1.35 bits per heavy atom. The summed E-state index contributed by atoms with van der Waals surface area (Å²) in [5, 5.41) is 3.79. The van der Waals surface area contributed by atoms with Crippen molar-refractivity contribution in [3.8, 4) is 11.5 Å². The molecule has 1 heterocycles. The largest absolute Gasteiger partial charge is 0.497 e. The first-order valence-corrected chi connectivity index (χ1v) is 5.87. The highest BCUT2D eigenvalue weighted by Gasteiger charge is 2.05. The van der Waals surface area contributed by atoms with Crippen molar-refractivity contribution in [3.05, 3.63) is 40.2 Å². The van der Waals surface area contributed by atoms with Gasteiger partial charge in [0.2, 0.25) is 0 Å². The molecular weight excluding hydrogens is 286 g/mol. The zero-order valence-electron chi connectivity index (χ0n) is 9.57. The van der Waals surface area contributed by atoms with Crippen molar-refractivity contribution in [2.45, 2.75) is 13.5 Å². The van der Waals surface area contributed by atoms with Crippen LogP contribution in [0.1, 0.15) is 11.5 Å². The molecule has 0 aliphatic carbocycles. The lowest BCUT2D eigenvalue weighted by Crippen LogP contribution is -1.95. The lowest BCUT2D eigenvalue weighted by atomic mass is 10.3. The van der Waals surface area contributed by atoms with Crippen LogP contribution in [0.5, 0.6) is 11.5 Å². The fourth-order valence-corrected chi connectivity index (χ4v) is 1.83. The molecule has 0 atom stereocenters. The molecule has 1 aromatic carbocycles. The van der Waals surface area contributed by atoms with Gasteiger partial charge in [-0.1, -0.05) is 5.16 Å². The molecule has 0 aliphatic rings. The van der Waals surface area contributed by atoms with Crippen molar-refractivity contribution in [1.29, 1.82) is 0 Å². The fraction of sp³-hybridized carbons (Fsp3) is 0.250. The van der Waals surface area contributed by atoms with Crippen LogP contribution >= 0.6 is 15.9 Å². The first-order chi connectivity index (χ1) is 8.19. The number of aromatic nitrogens is 1. The van der Waals surface area contributed by atoms with Gasteiger partial charge in [0.15, 0.2) is 5.76 Å². The first-order valence-electron chi connectivity index (χ1n) is 5.07. The van der Waals surface area contributed by atoms with Crippen LogP contribution in [-0.4, -0.2) is 12.3 Å². The molecule has 0 fully saturated rings. The van der Waals surface area contributed by atoms with Gasteiger partial charge in [-0.3, -0.25) is 0 Å². The summed E-state index contributed by atoms with van der Waals surface area (Å²) in [7, 11) is 1.62. The van der Waals surface area contributed by atoms with Gasteiger partial charge in [-0.05, 0) is 41.1 Å². The van der Waals surface area contributed by atoms with Crippen molar-refractivity contribution in [3.63, 3.8) is 0 Å². The second kappa shape index (κ2) is 5.23. The lowest BCUT2D eigenvalue weighted by molar-refractivity contribution is 0.247. The van der Waals surface area contributed by atoms with Crippen molar-refractivity contribution in [2.24, 2.45) is 0 Å². The molecule has 0 amide bonds. The second-order valence-corrected chi connectivity index (χ2v) is 4.37. The van der Waals surface area contributed by atoms with Crippen LogP contribution in [0, 0.1) is 6.92 Å². The number of nitrogens with zero attached hydrogens (tertiary/aromatic N) is 1. The molecule has 90 valence electrons. The third-order valence-corrected chi connectivity index (χ3v) is 2.81. The standard InChI is InChI=1S/C12H12BrNO3/c1-8-5-10(17-14-8)7-16-12-4-3-9(15-2)6-11(12)13/h3-6H,7H2,1-2H3. The van der Waals surface area contributed by atoms with Crippen LogP contribution in [0.4, 0.5) is 0 Å². The smallest absolute Gasteiger partial charge is 0.174 e. The summed E-state index contributed by atoms with van der Waals surface area (Å²) >= 11 is 3.42. The van der Waals surface area contributed by atoms with Gasteiger partial charge >= 0.3 is 0 Å². The van der Waals surface area contributed by atoms with Crippen LogP contribution in [0.25, 0.3) is 0 Å². The summed E-state index contributed by atoms with van der Waals surface area (Å²) in [6, 6.07) is 7.37. The highest BCUT2D eigenvalue weighted by Crippen LogP contribution is 2.29. The van der Waals surface area contributed by atoms with Gasteiger partial charge in [0.25, 0.3) is 0 Å². The minimum atomic E-state index is 0.353. The number of halogens is 1. The Hall–Kier alpha value is -1.49. The number of aryl methyl sites for hydroxylation is 1. The average Bonchev–Trinajstić information content (AvgIpc) is 2.73. The molecule has 0 bridgehead atoms. The number of hydrogen-bond acceptors (Lipinski definition) is 4. The van der Waals surface area contributed by atoms with Gasteiger partial charge in [-0.25, -0.2) is 0 Å². The van der Waals surface area contributed by atoms with E-state index in [1.807, 2.05) is 31.2 Å². The Morgan fingerprint density at radius 3 is 2.76 bits per heavy atom. The number of rotatable bonds is 4. The van der Waals surface area contributed by atoms with Crippen LogP contribution in [0.15, 0.2) is 33.3 Å². The maximum absolute atomic E-state index is 5.60. The van der Waals surface area contributed by atoms with E-state index in [1.54, 1.807) is 7.11 Å². The zero-order chi connectivity index (χ0) is 12.3. The maximum Gasteiger partial charge on any atom is 0.174 e. The average molecular weight is 298 g/mol. The molecular formula is C12H12BrNO3. The molecule has 0 aliphatic heterocycles. The van der Waals surface area contributed by atoms with Crippen LogP contribution in [0.2, 0.25) is 0 Å². The summed E-state index contributed by atoms with van der Waals surface area (Å²) in [5.41, 5.74) is 0.845. The lowest BCUT2D eigenvalue weighted by Gasteiger charge is -2.07. The minimum absolute atomic E-state index is 0.353. The monoisotopic (exact) mass is 297 g/mol. The van der Waals surface area contributed by atoms with E-state index < -0.39 is 0 Å². The topological polar surface area (TPSA) is 44.5 Å². The summed E-state index contributed by atoms with van der Waals surface area (Å²) in [4.78, 5) is 0. The van der Waals surface area contributed by atoms with Crippen molar-refractivity contribution in [1.82, 2.24) is 5.16 Å². The predicted octanol–water partition coefficient (Wildman–Crippen LogP) is 3.33. The SMILES string of the molecule is COc1ccc(OCc2cc(C)no2)c(Br)c1. The highest BCUT2D eigenvalue weighted by atomic mass is 79.9. The van der Waals surface area contributed by atoms with Gasteiger partial charge in [0, 0.05) is 6.07 Å². The van der Waals surface area contributed by atoms with Crippen LogP contribution < -0.4 is 9.47 Å². The molecule has 2 rings (SSSR count). The highest BCUT2D eigenvalue weighted by molar-refractivity contribution is 9.10. The Labute approximate surface area is 108 Å². The minimum Gasteiger partial charge on any atom is -0.497 e. The fourth-order valence-electron chi connectivity index (χ4n) is 1.36. The Morgan fingerprint density at radius 2 is 2.18 bits per heavy atom. The van der Waals surface area contributed by atoms with Gasteiger partial charge in [0.1, 0.15) is 18.1 Å². The molecule has 0 N–H and O–H groups in total. The van der Waals surface area contributed by atoms with Gasteiger partial charge in [0.05, 0.1) is 17.3 Å². The van der Waals surface area contributed by atoms with Crippen molar-refractivity contribution < 1.29 is 14.0 Å². The summed E-state index contributed by atoms with van der Waals surface area (Å²) in [5.74, 6) is 2.21. The Kier molecular flexibility index (Phi) is 3.68. The molecule has 2 aromatic rings. The third-order valence-electron chi connectivity index (χ3n) is 2.19. The van der Waals surface area contributed by atoms with E-state index in [-0.39, 0.29) is 0 Å². The second-order valence-electron chi connectivity index (χ2n) is 3.52. The molecule has 0 saturated carbocycles. The molecule has 0 spiro atoms. The first kappa shape index (κ1) is 12.0. The van der Waals surface area contributed by atoms with E-state index in [2.05, 4.69) is 21.1 Å². The van der Waals surface area contributed by atoms with E-state index in [0.29, 0.717) is 12.4 Å². The molecule has 1 aromatic heterocycles. The third kappa shape index (κ3) is 3.00. The molecule has 0 radical (unpaired) electrons. The quantitative estimate of drug-likeness (QED) is 0.868. The van der Waals surface area contributed by atoms with E-state index in [4.69, 9.17) is 14.0 Å². The number of hydrogen-bond donors (Lipinski definition) is 0. The zero-order valence-corrected chi connectivity index (χ0v) is 11.2. The molecule has 5 heteroatoms. The molecule has 4 nitrogen and oxygen atoms in total. The molecule has 17 heavy (non-hydrogen) atoms. The number of ether oxygens (including phenoxy) is 2. The van der Waals surface area contributed by atoms with Gasteiger partial charge in [-0.15, -0.1) is 0 Å². The maximum atomic E-state index is 5.60. The van der Waals surface area contributed by atoms with Gasteiger partial charge in [-0.2, -0.15) is 0 Å². The Bertz CT molecular complexity index is 510. The van der Waals surface area contributed by atoms with Crippen LogP contribution in [0.3, 0.4) is 0 Å². The molecule has 0 unspecified atom stereocenters.